The third-order valence-corrected chi connectivity index (χ3v) is 7.97. The molecule has 0 amide bonds. The molecule has 210 valence electrons. The second kappa shape index (κ2) is 10.6. The molecule has 3 rings (SSSR count). The fourth-order valence-electron chi connectivity index (χ4n) is 3.93. The van der Waals surface area contributed by atoms with Gasteiger partial charge in [-0.25, -0.2) is 26.0 Å². The molecule has 0 fully saturated rings. The van der Waals surface area contributed by atoms with Gasteiger partial charge in [-0.1, -0.05) is 0 Å². The number of nitrogens with zero attached hydrogens (tertiary/aromatic N) is 1. The number of rotatable bonds is 8. The van der Waals surface area contributed by atoms with E-state index in [4.69, 9.17) is 9.84 Å². The zero-order valence-corrected chi connectivity index (χ0v) is 20.9. The van der Waals surface area contributed by atoms with E-state index in [2.05, 4.69) is 0 Å². The molecule has 38 heavy (non-hydrogen) atoms. The Kier molecular flexibility index (Phi) is 8.25. The minimum absolute atomic E-state index is 0.00787. The molecule has 6 nitrogen and oxygen atoms in total. The first-order valence-electron chi connectivity index (χ1n) is 11.3. The fraction of sp³-hybridized carbons (Fsp3) is 0.458. The maximum atomic E-state index is 15.5. The summed E-state index contributed by atoms with van der Waals surface area (Å²) in [5.74, 6) is -9.27. The van der Waals surface area contributed by atoms with Crippen LogP contribution >= 0.6 is 0 Å². The second-order valence-electron chi connectivity index (χ2n) is 9.22. The molecule has 1 heterocycles. The molecule has 0 aliphatic carbocycles. The van der Waals surface area contributed by atoms with Crippen LogP contribution in [-0.4, -0.2) is 44.1 Å². The van der Waals surface area contributed by atoms with E-state index in [0.29, 0.717) is 19.1 Å². The van der Waals surface area contributed by atoms with Crippen molar-refractivity contribution in [1.82, 2.24) is 0 Å². The topological polar surface area (TPSA) is 83.9 Å². The van der Waals surface area contributed by atoms with Crippen LogP contribution in [-0.2, 0) is 20.8 Å². The summed E-state index contributed by atoms with van der Waals surface area (Å²) in [4.78, 5) is 11.2. The number of carboxylic acid groups (broad SMARTS) is 1. The second-order valence-corrected chi connectivity index (χ2v) is 11.2. The van der Waals surface area contributed by atoms with Gasteiger partial charge in [0.1, 0.15) is 18.2 Å². The van der Waals surface area contributed by atoms with Crippen molar-refractivity contribution < 1.29 is 53.8 Å². The van der Waals surface area contributed by atoms with Crippen LogP contribution in [0.1, 0.15) is 32.3 Å². The van der Waals surface area contributed by atoms with Gasteiger partial charge in [-0.15, -0.1) is 0 Å². The Hall–Kier alpha value is -3.03. The van der Waals surface area contributed by atoms with Gasteiger partial charge in [0.05, 0.1) is 22.1 Å². The molecule has 0 bridgehead atoms. The van der Waals surface area contributed by atoms with Crippen LogP contribution in [0, 0.1) is 17.7 Å². The number of hydrogen-bond donors (Lipinski definition) is 1. The van der Waals surface area contributed by atoms with Crippen molar-refractivity contribution in [3.05, 3.63) is 47.8 Å². The highest BCUT2D eigenvalue weighted by molar-refractivity contribution is 7.92. The van der Waals surface area contributed by atoms with Crippen LogP contribution in [0.2, 0.25) is 0 Å². The highest BCUT2D eigenvalue weighted by Gasteiger charge is 2.45. The van der Waals surface area contributed by atoms with Gasteiger partial charge in [0.25, 0.3) is 0 Å². The molecule has 1 aliphatic rings. The van der Waals surface area contributed by atoms with E-state index in [9.17, 15) is 39.6 Å². The largest absolute Gasteiger partial charge is 0.492 e. The smallest absolute Gasteiger partial charge is 0.420 e. The molecular formula is C24H24F7NO5S. The van der Waals surface area contributed by atoms with Gasteiger partial charge in [-0.3, -0.25) is 4.79 Å². The predicted molar refractivity (Wildman–Crippen MR) is 123 cm³/mol. The molecular weight excluding hydrogens is 547 g/mol. The number of carbonyl (C=O) groups is 1. The van der Waals surface area contributed by atoms with Crippen molar-refractivity contribution in [2.75, 3.05) is 18.1 Å². The number of anilines is 2. The van der Waals surface area contributed by atoms with Crippen molar-refractivity contribution in [3.63, 3.8) is 0 Å². The number of halogens is 7. The van der Waals surface area contributed by atoms with Crippen molar-refractivity contribution in [3.8, 4) is 5.75 Å². The van der Waals surface area contributed by atoms with E-state index >= 15 is 4.39 Å². The standard InChI is InChI=1S/C24H24F7NO5S/c1-13(22(33)34)12-37-19-10-20-18(9-17(19)24(29,30)31)32(16-5-3-15(25)4-6-16)11-14(7-8-23(2,27)28)21(26)38(20,35)36/h3-6,9-10,13-14,21H,7-8,11-12H2,1-2H3,(H,33,34)/t13-,14+,21-/m1/s1. The van der Waals surface area contributed by atoms with E-state index in [-0.39, 0.29) is 5.69 Å². The van der Waals surface area contributed by atoms with Crippen LogP contribution in [0.15, 0.2) is 41.3 Å². The lowest BCUT2D eigenvalue weighted by Gasteiger charge is -2.29. The first-order chi connectivity index (χ1) is 17.4. The molecule has 0 unspecified atom stereocenters. The highest BCUT2D eigenvalue weighted by atomic mass is 32.2. The van der Waals surface area contributed by atoms with Crippen molar-refractivity contribution in [1.29, 1.82) is 0 Å². The summed E-state index contributed by atoms with van der Waals surface area (Å²) >= 11 is 0. The zero-order chi connectivity index (χ0) is 28.6. The van der Waals surface area contributed by atoms with Gasteiger partial charge in [-0.05, 0) is 50.6 Å². The Morgan fingerprint density at radius 1 is 1.16 bits per heavy atom. The minimum atomic E-state index is -5.11. The van der Waals surface area contributed by atoms with E-state index in [1.54, 1.807) is 0 Å². The summed E-state index contributed by atoms with van der Waals surface area (Å²) in [6.07, 6.45) is -6.63. The molecule has 0 spiro atoms. The minimum Gasteiger partial charge on any atom is -0.492 e. The van der Waals surface area contributed by atoms with Gasteiger partial charge in [-0.2, -0.15) is 13.2 Å². The molecule has 2 aromatic carbocycles. The quantitative estimate of drug-likeness (QED) is 0.379. The molecule has 0 saturated carbocycles. The van der Waals surface area contributed by atoms with Gasteiger partial charge in [0, 0.05) is 30.6 Å². The first-order valence-corrected chi connectivity index (χ1v) is 12.9. The van der Waals surface area contributed by atoms with Crippen LogP contribution in [0.4, 0.5) is 42.1 Å². The van der Waals surface area contributed by atoms with Crippen LogP contribution in [0.25, 0.3) is 0 Å². The molecule has 2 aromatic rings. The average Bonchev–Trinajstić information content (AvgIpc) is 2.88. The third kappa shape index (κ3) is 6.51. The molecule has 1 N–H and O–H groups in total. The number of carboxylic acids is 1. The van der Waals surface area contributed by atoms with Gasteiger partial charge >= 0.3 is 12.1 Å². The lowest BCUT2D eigenvalue weighted by atomic mass is 10.00. The number of fused-ring (bicyclic) bond motifs is 1. The SMILES string of the molecule is C[C@H](COc1cc2c(cc1C(F)(F)F)N(c1ccc(F)cc1)C[C@H](CCC(C)(F)F)[C@H](F)S2(=O)=O)C(=O)O. The molecule has 0 radical (unpaired) electrons. The van der Waals surface area contributed by atoms with Crippen LogP contribution in [0.5, 0.6) is 5.75 Å². The maximum absolute atomic E-state index is 15.5. The monoisotopic (exact) mass is 571 g/mol. The first kappa shape index (κ1) is 29.5. The number of hydrogen-bond acceptors (Lipinski definition) is 5. The Bertz CT molecular complexity index is 1280. The lowest BCUT2D eigenvalue weighted by Crippen LogP contribution is -2.32. The van der Waals surface area contributed by atoms with Crippen molar-refractivity contribution in [2.45, 2.75) is 49.2 Å². The van der Waals surface area contributed by atoms with Gasteiger partial charge in [0.2, 0.25) is 21.3 Å². The fourth-order valence-corrected chi connectivity index (χ4v) is 5.64. The summed E-state index contributed by atoms with van der Waals surface area (Å²) < 4.78 is 130. The molecule has 3 atom stereocenters. The average molecular weight is 572 g/mol. The number of benzene rings is 2. The Morgan fingerprint density at radius 3 is 2.29 bits per heavy atom. The van der Waals surface area contributed by atoms with E-state index in [0.717, 1.165) is 36.1 Å². The highest BCUT2D eigenvalue weighted by Crippen LogP contribution is 2.47. The Balaban J connectivity index is 2.25. The molecule has 14 heteroatoms. The third-order valence-electron chi connectivity index (χ3n) is 6.05. The normalized spacial score (nSPS) is 20.4. The maximum Gasteiger partial charge on any atom is 0.420 e. The number of alkyl halides is 6. The van der Waals surface area contributed by atoms with Crippen molar-refractivity contribution in [2.24, 2.45) is 11.8 Å². The van der Waals surface area contributed by atoms with Gasteiger partial charge in [0.15, 0.2) is 0 Å². The lowest BCUT2D eigenvalue weighted by molar-refractivity contribution is -0.142. The molecule has 1 aliphatic heterocycles. The number of sulfone groups is 1. The summed E-state index contributed by atoms with van der Waals surface area (Å²) in [5, 5.41) is 9.02. The Labute approximate surface area is 213 Å². The number of ether oxygens (including phenoxy) is 1. The zero-order valence-electron chi connectivity index (χ0n) is 20.1. The van der Waals surface area contributed by atoms with Crippen LogP contribution < -0.4 is 9.64 Å². The number of aliphatic carboxylic acids is 1. The summed E-state index contributed by atoms with van der Waals surface area (Å²) in [5.41, 5.74) is -4.86. The molecule has 0 saturated heterocycles. The van der Waals surface area contributed by atoms with Crippen molar-refractivity contribution >= 4 is 27.2 Å². The van der Waals surface area contributed by atoms with E-state index < -0.39 is 99.0 Å². The molecule has 0 aromatic heterocycles. The summed E-state index contributed by atoms with van der Waals surface area (Å²) in [6, 6.07) is 5.03. The van der Waals surface area contributed by atoms with Crippen LogP contribution in [0.3, 0.4) is 0 Å². The summed E-state index contributed by atoms with van der Waals surface area (Å²) in [7, 11) is -5.05. The Morgan fingerprint density at radius 2 is 1.76 bits per heavy atom. The van der Waals surface area contributed by atoms with Gasteiger partial charge < -0.3 is 14.7 Å². The van der Waals surface area contributed by atoms with E-state index in [1.807, 2.05) is 0 Å². The predicted octanol–water partition coefficient (Wildman–Crippen LogP) is 6.22. The summed E-state index contributed by atoms with van der Waals surface area (Å²) in [6.45, 7) is 0.349. The van der Waals surface area contributed by atoms with E-state index in [1.165, 1.54) is 0 Å².